The molecule has 2 aliphatic rings. The number of hydrogen-bond donors (Lipinski definition) is 0. The standard InChI is InChI=1S/C17H10F7NO/c18-11-13(26)12-10(7-4-8-25-12)15(17(22,23)24,14(11)16(19,20)21)9-5-2-1-3-6-9/h1-8,10,12H/t10-,12?,15-/m1/s1. The van der Waals surface area contributed by atoms with Gasteiger partial charge in [0.05, 0.1) is 5.57 Å². The summed E-state index contributed by atoms with van der Waals surface area (Å²) in [5.74, 6) is -6.22. The van der Waals surface area contributed by atoms with Crippen LogP contribution in [-0.4, -0.2) is 30.4 Å². The number of benzene rings is 1. The van der Waals surface area contributed by atoms with Gasteiger partial charge in [0.1, 0.15) is 11.5 Å². The Bertz CT molecular complexity index is 820. The number of rotatable bonds is 1. The zero-order valence-corrected chi connectivity index (χ0v) is 12.8. The molecule has 3 rings (SSSR count). The molecule has 1 unspecified atom stereocenters. The van der Waals surface area contributed by atoms with Crippen LogP contribution in [0.4, 0.5) is 30.7 Å². The molecular formula is C17H10F7NO. The summed E-state index contributed by atoms with van der Waals surface area (Å²) in [5, 5.41) is 0. The first-order chi connectivity index (χ1) is 12.0. The van der Waals surface area contributed by atoms with Crippen molar-refractivity contribution in [2.24, 2.45) is 10.9 Å². The Labute approximate surface area is 142 Å². The van der Waals surface area contributed by atoms with E-state index in [0.29, 0.717) is 0 Å². The van der Waals surface area contributed by atoms with Gasteiger partial charge in [0.2, 0.25) is 5.78 Å². The van der Waals surface area contributed by atoms with Crippen LogP contribution in [0, 0.1) is 5.92 Å². The van der Waals surface area contributed by atoms with Crippen LogP contribution in [0.25, 0.3) is 0 Å². The molecule has 1 heterocycles. The summed E-state index contributed by atoms with van der Waals surface area (Å²) < 4.78 is 98.0. The van der Waals surface area contributed by atoms with Gasteiger partial charge in [-0.2, -0.15) is 26.3 Å². The highest BCUT2D eigenvalue weighted by Crippen LogP contribution is 2.60. The number of ketones is 1. The third-order valence-corrected chi connectivity index (χ3v) is 4.55. The van der Waals surface area contributed by atoms with E-state index in [9.17, 15) is 35.5 Å². The van der Waals surface area contributed by atoms with Gasteiger partial charge in [0.25, 0.3) is 0 Å². The van der Waals surface area contributed by atoms with Gasteiger partial charge in [-0.1, -0.05) is 36.4 Å². The summed E-state index contributed by atoms with van der Waals surface area (Å²) in [4.78, 5) is 15.5. The van der Waals surface area contributed by atoms with E-state index >= 15 is 0 Å². The number of hydrogen-bond acceptors (Lipinski definition) is 2. The molecule has 3 atom stereocenters. The van der Waals surface area contributed by atoms with Crippen molar-refractivity contribution in [1.29, 1.82) is 0 Å². The predicted molar refractivity (Wildman–Crippen MR) is 78.3 cm³/mol. The first-order valence-corrected chi connectivity index (χ1v) is 7.36. The van der Waals surface area contributed by atoms with Gasteiger partial charge in [-0.25, -0.2) is 4.39 Å². The highest BCUT2D eigenvalue weighted by Gasteiger charge is 2.72. The van der Waals surface area contributed by atoms with Crippen molar-refractivity contribution in [2.45, 2.75) is 23.8 Å². The van der Waals surface area contributed by atoms with Crippen LogP contribution in [0.1, 0.15) is 5.56 Å². The summed E-state index contributed by atoms with van der Waals surface area (Å²) in [7, 11) is 0. The molecule has 138 valence electrons. The van der Waals surface area contributed by atoms with Crippen molar-refractivity contribution in [2.75, 3.05) is 0 Å². The van der Waals surface area contributed by atoms with Crippen LogP contribution in [0.15, 0.2) is 58.9 Å². The fourth-order valence-corrected chi connectivity index (χ4v) is 3.59. The highest BCUT2D eigenvalue weighted by atomic mass is 19.4. The Morgan fingerprint density at radius 1 is 1.00 bits per heavy atom. The molecule has 0 radical (unpaired) electrons. The Kier molecular flexibility index (Phi) is 4.08. The minimum atomic E-state index is -5.72. The summed E-state index contributed by atoms with van der Waals surface area (Å²) in [6.07, 6.45) is -8.44. The van der Waals surface area contributed by atoms with Gasteiger partial charge < -0.3 is 0 Å². The molecule has 0 fully saturated rings. The third kappa shape index (κ3) is 2.40. The van der Waals surface area contributed by atoms with E-state index in [0.717, 1.165) is 42.6 Å². The van der Waals surface area contributed by atoms with Crippen molar-refractivity contribution in [3.8, 4) is 0 Å². The molecular weight excluding hydrogens is 367 g/mol. The Morgan fingerprint density at radius 3 is 2.15 bits per heavy atom. The lowest BCUT2D eigenvalue weighted by molar-refractivity contribution is -0.215. The number of fused-ring (bicyclic) bond motifs is 1. The number of Topliss-reactive ketones (excluding diaryl/α,β-unsaturated/α-hetero) is 1. The maximum Gasteiger partial charge on any atom is 0.416 e. The second-order valence-electron chi connectivity index (χ2n) is 5.88. The van der Waals surface area contributed by atoms with E-state index in [1.807, 2.05) is 0 Å². The fourth-order valence-electron chi connectivity index (χ4n) is 3.59. The largest absolute Gasteiger partial charge is 0.416 e. The highest BCUT2D eigenvalue weighted by molar-refractivity contribution is 6.02. The quantitative estimate of drug-likeness (QED) is 0.664. The Balaban J connectivity index is 2.50. The van der Waals surface area contributed by atoms with Gasteiger partial charge in [-0.05, 0) is 11.6 Å². The fraction of sp³-hybridized carbons (Fsp3) is 0.294. The van der Waals surface area contributed by atoms with Gasteiger partial charge in [0, 0.05) is 12.1 Å². The number of halogens is 7. The topological polar surface area (TPSA) is 29.4 Å². The van der Waals surface area contributed by atoms with Crippen molar-refractivity contribution >= 4 is 12.0 Å². The first kappa shape index (κ1) is 18.3. The number of aliphatic imine (C=N–C) groups is 1. The zero-order chi connectivity index (χ0) is 19.3. The van der Waals surface area contributed by atoms with Crippen LogP contribution in [0.5, 0.6) is 0 Å². The minimum Gasteiger partial charge on any atom is -0.289 e. The Hall–Kier alpha value is -2.45. The molecule has 0 N–H and O–H groups in total. The SMILES string of the molecule is O=C1C(F)=C(C(F)(F)F)[C@](c2ccccc2)(C(F)(F)F)[C@@H]2C=CC=NC12. The normalized spacial score (nSPS) is 29.1. The van der Waals surface area contributed by atoms with Crippen LogP contribution in [0.3, 0.4) is 0 Å². The molecule has 1 aromatic rings. The van der Waals surface area contributed by atoms with E-state index in [-0.39, 0.29) is 0 Å². The maximum atomic E-state index is 14.4. The number of nitrogens with zero attached hydrogens (tertiary/aromatic N) is 1. The molecule has 26 heavy (non-hydrogen) atoms. The zero-order valence-electron chi connectivity index (χ0n) is 12.8. The van der Waals surface area contributed by atoms with E-state index < -0.39 is 52.5 Å². The molecule has 0 spiro atoms. The molecule has 0 aromatic heterocycles. The van der Waals surface area contributed by atoms with Gasteiger partial charge in [-0.15, -0.1) is 0 Å². The van der Waals surface area contributed by atoms with Crippen molar-refractivity contribution in [3.63, 3.8) is 0 Å². The number of carbonyl (C=O) groups is 1. The molecule has 2 nitrogen and oxygen atoms in total. The molecule has 0 saturated carbocycles. The van der Waals surface area contributed by atoms with Crippen LogP contribution < -0.4 is 0 Å². The molecule has 0 amide bonds. The maximum absolute atomic E-state index is 14.4. The number of carbonyl (C=O) groups excluding carboxylic acids is 1. The van der Waals surface area contributed by atoms with Crippen LogP contribution in [0.2, 0.25) is 0 Å². The van der Waals surface area contributed by atoms with E-state index in [1.54, 1.807) is 0 Å². The van der Waals surface area contributed by atoms with Crippen molar-refractivity contribution in [1.82, 2.24) is 0 Å². The molecule has 1 aromatic carbocycles. The summed E-state index contributed by atoms with van der Waals surface area (Å²) in [5.41, 5.74) is -7.13. The first-order valence-electron chi connectivity index (χ1n) is 7.36. The minimum absolute atomic E-state index is 0.806. The molecule has 1 aliphatic carbocycles. The second kappa shape index (κ2) is 5.78. The lowest BCUT2D eigenvalue weighted by Gasteiger charge is -2.48. The lowest BCUT2D eigenvalue weighted by atomic mass is 9.58. The van der Waals surface area contributed by atoms with Gasteiger partial charge in [0.15, 0.2) is 5.83 Å². The number of dihydropyridines is 1. The predicted octanol–water partition coefficient (Wildman–Crippen LogP) is 4.48. The molecule has 1 aliphatic heterocycles. The van der Waals surface area contributed by atoms with Crippen LogP contribution in [-0.2, 0) is 10.2 Å². The van der Waals surface area contributed by atoms with Crippen molar-refractivity contribution in [3.05, 3.63) is 59.4 Å². The van der Waals surface area contributed by atoms with Crippen molar-refractivity contribution < 1.29 is 35.5 Å². The van der Waals surface area contributed by atoms with Gasteiger partial charge in [-0.3, -0.25) is 9.79 Å². The number of alkyl halides is 6. The second-order valence-corrected chi connectivity index (χ2v) is 5.88. The third-order valence-electron chi connectivity index (χ3n) is 4.55. The average molecular weight is 377 g/mol. The lowest BCUT2D eigenvalue weighted by Crippen LogP contribution is -2.60. The van der Waals surface area contributed by atoms with Gasteiger partial charge >= 0.3 is 12.4 Å². The van der Waals surface area contributed by atoms with E-state index in [2.05, 4.69) is 4.99 Å². The van der Waals surface area contributed by atoms with E-state index in [1.165, 1.54) is 6.07 Å². The Morgan fingerprint density at radius 2 is 1.62 bits per heavy atom. The summed E-state index contributed by atoms with van der Waals surface area (Å²) >= 11 is 0. The average Bonchev–Trinajstić information content (AvgIpc) is 2.56. The molecule has 0 saturated heterocycles. The van der Waals surface area contributed by atoms with Crippen LogP contribution >= 0.6 is 0 Å². The molecule has 0 bridgehead atoms. The summed E-state index contributed by atoms with van der Waals surface area (Å²) in [6, 6.07) is 3.32. The smallest absolute Gasteiger partial charge is 0.289 e. The van der Waals surface area contributed by atoms with E-state index in [4.69, 9.17) is 0 Å². The molecule has 9 heteroatoms. The monoisotopic (exact) mass is 377 g/mol. The number of allylic oxidation sites excluding steroid dienone is 2. The summed E-state index contributed by atoms with van der Waals surface area (Å²) in [6.45, 7) is 0.